The van der Waals surface area contributed by atoms with E-state index >= 15 is 0 Å². The van der Waals surface area contributed by atoms with Crippen LogP contribution in [0, 0.1) is 5.92 Å². The minimum absolute atomic E-state index is 0.0394. The van der Waals surface area contributed by atoms with Gasteiger partial charge < -0.3 is 14.8 Å². The number of carbonyl (C=O) groups excluding carboxylic acids is 2. The topological polar surface area (TPSA) is 64.6 Å². The van der Waals surface area contributed by atoms with Crippen LogP contribution in [0.5, 0.6) is 0 Å². The van der Waals surface area contributed by atoms with E-state index in [-0.39, 0.29) is 18.1 Å². The minimum atomic E-state index is -0.498. The van der Waals surface area contributed by atoms with Gasteiger partial charge in [-0.15, -0.1) is 0 Å². The van der Waals surface area contributed by atoms with Crippen molar-refractivity contribution in [2.24, 2.45) is 5.92 Å². The molecular formula is C15H27NO4. The van der Waals surface area contributed by atoms with Crippen molar-refractivity contribution in [1.82, 2.24) is 5.32 Å². The van der Waals surface area contributed by atoms with E-state index in [1.165, 1.54) is 0 Å². The predicted molar refractivity (Wildman–Crippen MR) is 78.4 cm³/mol. The minimum Gasteiger partial charge on any atom is -0.458 e. The number of hydrogen-bond acceptors (Lipinski definition) is 4. The molecule has 0 spiro atoms. The van der Waals surface area contributed by atoms with Crippen LogP contribution in [0.4, 0.5) is 4.79 Å². The summed E-state index contributed by atoms with van der Waals surface area (Å²) in [6, 6.07) is 0. The number of hydrogen-bond donors (Lipinski definition) is 1. The third-order valence-corrected chi connectivity index (χ3v) is 3.35. The van der Waals surface area contributed by atoms with E-state index in [0.29, 0.717) is 12.0 Å². The lowest BCUT2D eigenvalue weighted by molar-refractivity contribution is -0.142. The van der Waals surface area contributed by atoms with Crippen LogP contribution >= 0.6 is 0 Å². The fourth-order valence-corrected chi connectivity index (χ4v) is 1.12. The van der Waals surface area contributed by atoms with E-state index < -0.39 is 18.2 Å². The summed E-state index contributed by atoms with van der Waals surface area (Å²) < 4.78 is 10.3. The molecule has 0 aliphatic carbocycles. The number of carbonyl (C=O) groups is 2. The third kappa shape index (κ3) is 6.59. The first-order valence-corrected chi connectivity index (χ1v) is 6.91. The molecule has 0 aromatic rings. The van der Waals surface area contributed by atoms with Gasteiger partial charge in [-0.1, -0.05) is 27.4 Å². The van der Waals surface area contributed by atoms with Crippen molar-refractivity contribution >= 4 is 12.1 Å². The molecule has 0 radical (unpaired) electrons. The number of rotatable bonds is 7. The molecule has 0 saturated heterocycles. The lowest BCUT2D eigenvalue weighted by atomic mass is 9.91. The van der Waals surface area contributed by atoms with Crippen molar-refractivity contribution in [3.63, 3.8) is 0 Å². The molecule has 0 aliphatic rings. The molecule has 0 rings (SSSR count). The van der Waals surface area contributed by atoms with Gasteiger partial charge in [0, 0.05) is 11.1 Å². The molecule has 116 valence electrons. The van der Waals surface area contributed by atoms with Crippen LogP contribution in [0.3, 0.4) is 0 Å². The maximum absolute atomic E-state index is 11.8. The van der Waals surface area contributed by atoms with Gasteiger partial charge in [-0.25, -0.2) is 9.59 Å². The largest absolute Gasteiger partial charge is 0.458 e. The smallest absolute Gasteiger partial charge is 0.407 e. The molecule has 0 aliphatic heterocycles. The first-order valence-electron chi connectivity index (χ1n) is 6.91. The summed E-state index contributed by atoms with van der Waals surface area (Å²) in [5, 5.41) is 2.81. The highest BCUT2D eigenvalue weighted by atomic mass is 16.6. The Morgan fingerprint density at radius 1 is 1.30 bits per heavy atom. The Bertz CT molecular complexity index is 361. The van der Waals surface area contributed by atoms with Crippen molar-refractivity contribution < 1.29 is 19.1 Å². The lowest BCUT2D eigenvalue weighted by Gasteiger charge is -2.30. The molecule has 0 aromatic carbocycles. The van der Waals surface area contributed by atoms with E-state index in [9.17, 15) is 9.59 Å². The normalized spacial score (nSPS) is 12.8. The van der Waals surface area contributed by atoms with Gasteiger partial charge in [-0.05, 0) is 33.1 Å². The highest BCUT2D eigenvalue weighted by Gasteiger charge is 2.26. The van der Waals surface area contributed by atoms with Crippen molar-refractivity contribution in [1.29, 1.82) is 0 Å². The van der Waals surface area contributed by atoms with E-state index in [1.54, 1.807) is 6.92 Å². The molecule has 5 heteroatoms. The summed E-state index contributed by atoms with van der Waals surface area (Å²) in [6.07, 6.45) is -0.387. The number of ether oxygens (including phenoxy) is 2. The maximum atomic E-state index is 11.8. The molecule has 0 bridgehead atoms. The Morgan fingerprint density at radius 3 is 2.25 bits per heavy atom. The van der Waals surface area contributed by atoms with Crippen molar-refractivity contribution in [2.45, 2.75) is 59.6 Å². The Labute approximate surface area is 121 Å². The number of amides is 1. The highest BCUT2D eigenvalue weighted by Crippen LogP contribution is 2.15. The summed E-state index contributed by atoms with van der Waals surface area (Å²) in [5.41, 5.74) is -0.0331. The van der Waals surface area contributed by atoms with Crippen LogP contribution in [0.1, 0.15) is 48.0 Å². The average Bonchev–Trinajstić information content (AvgIpc) is 2.32. The Balaban J connectivity index is 4.33. The second kappa shape index (κ2) is 7.92. The van der Waals surface area contributed by atoms with E-state index in [4.69, 9.17) is 9.47 Å². The molecule has 1 atom stereocenters. The summed E-state index contributed by atoms with van der Waals surface area (Å²) >= 11 is 0. The van der Waals surface area contributed by atoms with Crippen LogP contribution in [-0.4, -0.2) is 30.3 Å². The maximum Gasteiger partial charge on any atom is 0.407 e. The number of esters is 1. The van der Waals surface area contributed by atoms with Crippen LogP contribution in [-0.2, 0) is 14.3 Å². The fraction of sp³-hybridized carbons (Fsp3) is 0.733. The number of alkyl carbamates (subject to hydrolysis) is 1. The third-order valence-electron chi connectivity index (χ3n) is 3.35. The molecular weight excluding hydrogens is 258 g/mol. The van der Waals surface area contributed by atoms with Crippen molar-refractivity contribution in [2.75, 3.05) is 6.61 Å². The van der Waals surface area contributed by atoms with Crippen molar-refractivity contribution in [3.8, 4) is 0 Å². The summed E-state index contributed by atoms with van der Waals surface area (Å²) in [5.74, 6) is -0.202. The summed E-state index contributed by atoms with van der Waals surface area (Å²) in [6.45, 7) is 14.9. The van der Waals surface area contributed by atoms with Gasteiger partial charge in [0.05, 0.1) is 0 Å². The van der Waals surface area contributed by atoms with Crippen LogP contribution in [0.15, 0.2) is 12.2 Å². The Hall–Kier alpha value is -1.52. The molecule has 20 heavy (non-hydrogen) atoms. The fourth-order valence-electron chi connectivity index (χ4n) is 1.12. The summed E-state index contributed by atoms with van der Waals surface area (Å²) in [7, 11) is 0. The summed E-state index contributed by atoms with van der Waals surface area (Å²) in [4.78, 5) is 23.1. The second-order valence-electron chi connectivity index (χ2n) is 5.82. The zero-order valence-corrected chi connectivity index (χ0v) is 13.4. The molecule has 0 fully saturated rings. The van der Waals surface area contributed by atoms with E-state index in [2.05, 4.69) is 11.9 Å². The van der Waals surface area contributed by atoms with Gasteiger partial charge in [0.1, 0.15) is 12.7 Å². The Morgan fingerprint density at radius 2 is 1.85 bits per heavy atom. The van der Waals surface area contributed by atoms with E-state index in [0.717, 1.165) is 0 Å². The van der Waals surface area contributed by atoms with Gasteiger partial charge in [-0.3, -0.25) is 0 Å². The average molecular weight is 285 g/mol. The zero-order chi connectivity index (χ0) is 15.9. The molecule has 1 N–H and O–H groups in total. The highest BCUT2D eigenvalue weighted by molar-refractivity contribution is 5.86. The molecule has 0 saturated carbocycles. The quantitative estimate of drug-likeness (QED) is 0.577. The van der Waals surface area contributed by atoms with E-state index in [1.807, 2.05) is 34.6 Å². The van der Waals surface area contributed by atoms with Gasteiger partial charge in [0.2, 0.25) is 0 Å². The van der Waals surface area contributed by atoms with Gasteiger partial charge in [0.15, 0.2) is 0 Å². The van der Waals surface area contributed by atoms with Crippen LogP contribution in [0.2, 0.25) is 0 Å². The molecule has 0 heterocycles. The number of nitrogens with one attached hydrogen (secondary N) is 1. The second-order valence-corrected chi connectivity index (χ2v) is 5.82. The van der Waals surface area contributed by atoms with Crippen molar-refractivity contribution in [3.05, 3.63) is 12.2 Å². The van der Waals surface area contributed by atoms with Crippen LogP contribution in [0.25, 0.3) is 0 Å². The monoisotopic (exact) mass is 285 g/mol. The molecule has 5 nitrogen and oxygen atoms in total. The zero-order valence-electron chi connectivity index (χ0n) is 13.4. The molecule has 0 aromatic heterocycles. The standard InChI is InChI=1S/C15H27NO4/c1-8-12(9-19-13(17)10(2)3)20-14(18)16-15(6,7)11(4)5/h11-12H,2,8-9H2,1,3-7H3,(H,16,18). The first kappa shape index (κ1) is 18.5. The Kier molecular flexibility index (Phi) is 7.32. The van der Waals surface area contributed by atoms with Crippen LogP contribution < -0.4 is 5.32 Å². The van der Waals surface area contributed by atoms with Gasteiger partial charge in [0.25, 0.3) is 0 Å². The first-order chi connectivity index (χ1) is 9.10. The predicted octanol–water partition coefficient (Wildman–Crippen LogP) is 3.05. The van der Waals surface area contributed by atoms with Gasteiger partial charge >= 0.3 is 12.1 Å². The lowest BCUT2D eigenvalue weighted by Crippen LogP contribution is -2.48. The SMILES string of the molecule is C=C(C)C(=O)OCC(CC)OC(=O)NC(C)(C)C(C)C. The van der Waals surface area contributed by atoms with Gasteiger partial charge in [-0.2, -0.15) is 0 Å². The molecule has 1 unspecified atom stereocenters. The molecule has 1 amide bonds.